The first-order valence-corrected chi connectivity index (χ1v) is 12.8. The average molecular weight is 403 g/mol. The minimum atomic E-state index is 1.28. The number of unbranched alkanes of at least 4 members (excludes halogenated alkanes) is 10. The molecule has 0 aliphatic heterocycles. The summed E-state index contributed by atoms with van der Waals surface area (Å²) in [6.45, 7) is 4.61. The van der Waals surface area contributed by atoms with Crippen LogP contribution in [0.2, 0.25) is 0 Å². The zero-order valence-corrected chi connectivity index (χ0v) is 19.5. The molecule has 0 radical (unpaired) electrons. The van der Waals surface area contributed by atoms with Gasteiger partial charge in [-0.3, -0.25) is 0 Å². The summed E-state index contributed by atoms with van der Waals surface area (Å²) in [5.41, 5.74) is 9.12. The summed E-state index contributed by atoms with van der Waals surface area (Å²) in [6, 6.07) is 18.2. The largest absolute Gasteiger partial charge is 0.0654 e. The third-order valence-corrected chi connectivity index (χ3v) is 6.70. The van der Waals surface area contributed by atoms with E-state index in [4.69, 9.17) is 0 Å². The van der Waals surface area contributed by atoms with Crippen LogP contribution in [-0.2, 0) is 0 Å². The molecule has 1 aliphatic rings. The van der Waals surface area contributed by atoms with Gasteiger partial charge in [0.2, 0.25) is 0 Å². The van der Waals surface area contributed by atoms with Crippen LogP contribution in [0.3, 0.4) is 0 Å². The molecule has 0 saturated carbocycles. The van der Waals surface area contributed by atoms with E-state index in [-0.39, 0.29) is 0 Å². The SMILES string of the molecule is CCCCCCCCC(CCCCCCCC)=C1c2ccccc2-c2ccccc21. The maximum atomic E-state index is 2.35. The van der Waals surface area contributed by atoms with Crippen molar-refractivity contribution < 1.29 is 0 Å². The molecular formula is C30H42. The Bertz CT molecular complexity index is 730. The van der Waals surface area contributed by atoms with E-state index in [1.54, 1.807) is 11.1 Å². The maximum absolute atomic E-state index is 2.35. The van der Waals surface area contributed by atoms with Crippen molar-refractivity contribution in [2.45, 2.75) is 104 Å². The first-order valence-electron chi connectivity index (χ1n) is 12.8. The van der Waals surface area contributed by atoms with Crippen LogP contribution in [0.4, 0.5) is 0 Å². The standard InChI is InChI=1S/C30H42/c1-3-5-7-9-11-13-19-25(20-14-12-10-8-6-4-2)30-28-23-17-15-21-26(28)27-22-16-18-24-29(27)30/h15-18,21-24H,3-14,19-20H2,1-2H3. The van der Waals surface area contributed by atoms with Gasteiger partial charge >= 0.3 is 0 Å². The lowest BCUT2D eigenvalue weighted by atomic mass is 9.90. The minimum absolute atomic E-state index is 1.28. The summed E-state index contributed by atoms with van der Waals surface area (Å²) >= 11 is 0. The monoisotopic (exact) mass is 402 g/mol. The molecule has 0 nitrogen and oxygen atoms in total. The van der Waals surface area contributed by atoms with E-state index in [0.29, 0.717) is 0 Å². The zero-order chi connectivity index (χ0) is 21.0. The van der Waals surface area contributed by atoms with Crippen LogP contribution in [0.1, 0.15) is 115 Å². The number of benzene rings is 2. The lowest BCUT2D eigenvalue weighted by molar-refractivity contribution is 0.584. The predicted molar refractivity (Wildman–Crippen MR) is 134 cm³/mol. The molecule has 0 amide bonds. The third-order valence-electron chi connectivity index (χ3n) is 6.70. The third kappa shape index (κ3) is 6.10. The summed E-state index contributed by atoms with van der Waals surface area (Å²) in [5.74, 6) is 0. The van der Waals surface area contributed by atoms with Crippen molar-refractivity contribution in [3.05, 3.63) is 65.2 Å². The van der Waals surface area contributed by atoms with Crippen LogP contribution in [0, 0.1) is 0 Å². The van der Waals surface area contributed by atoms with Crippen LogP contribution >= 0.6 is 0 Å². The Balaban J connectivity index is 1.76. The molecule has 0 spiro atoms. The number of hydrogen-bond donors (Lipinski definition) is 0. The minimum Gasteiger partial charge on any atom is -0.0654 e. The van der Waals surface area contributed by atoms with Gasteiger partial charge in [0.25, 0.3) is 0 Å². The van der Waals surface area contributed by atoms with Crippen molar-refractivity contribution in [2.75, 3.05) is 0 Å². The van der Waals surface area contributed by atoms with E-state index in [1.807, 2.05) is 0 Å². The summed E-state index contributed by atoms with van der Waals surface area (Å²) < 4.78 is 0. The van der Waals surface area contributed by atoms with Crippen molar-refractivity contribution >= 4 is 5.57 Å². The fourth-order valence-electron chi connectivity index (χ4n) is 5.01. The molecule has 1 aliphatic carbocycles. The van der Waals surface area contributed by atoms with Gasteiger partial charge in [0.05, 0.1) is 0 Å². The highest BCUT2D eigenvalue weighted by Gasteiger charge is 2.24. The van der Waals surface area contributed by atoms with Crippen molar-refractivity contribution in [2.24, 2.45) is 0 Å². The van der Waals surface area contributed by atoms with E-state index >= 15 is 0 Å². The van der Waals surface area contributed by atoms with Gasteiger partial charge in [-0.25, -0.2) is 0 Å². The number of hydrogen-bond acceptors (Lipinski definition) is 0. The molecule has 2 aromatic carbocycles. The molecule has 0 heteroatoms. The number of rotatable bonds is 14. The highest BCUT2D eigenvalue weighted by molar-refractivity contribution is 6.02. The Hall–Kier alpha value is -1.82. The summed E-state index contributed by atoms with van der Waals surface area (Å²) in [7, 11) is 0. The molecule has 0 heterocycles. The van der Waals surface area contributed by atoms with Crippen molar-refractivity contribution in [3.63, 3.8) is 0 Å². The Morgan fingerprint density at radius 1 is 0.467 bits per heavy atom. The molecule has 0 atom stereocenters. The normalized spacial score (nSPS) is 12.1. The number of fused-ring (bicyclic) bond motifs is 3. The van der Waals surface area contributed by atoms with Gasteiger partial charge in [-0.2, -0.15) is 0 Å². The van der Waals surface area contributed by atoms with E-state index < -0.39 is 0 Å². The first kappa shape index (κ1) is 22.9. The van der Waals surface area contributed by atoms with Gasteiger partial charge in [-0.15, -0.1) is 0 Å². The smallest absolute Gasteiger partial charge is 0.00990 e. The summed E-state index contributed by atoms with van der Waals surface area (Å²) in [5, 5.41) is 0. The quantitative estimate of drug-likeness (QED) is 0.235. The van der Waals surface area contributed by atoms with Crippen LogP contribution in [0.25, 0.3) is 16.7 Å². The van der Waals surface area contributed by atoms with Gasteiger partial charge in [-0.1, -0.05) is 132 Å². The second kappa shape index (κ2) is 12.8. The molecule has 30 heavy (non-hydrogen) atoms. The molecule has 2 aromatic rings. The maximum Gasteiger partial charge on any atom is -0.00990 e. The Labute approximate surface area is 185 Å². The van der Waals surface area contributed by atoms with Gasteiger partial charge < -0.3 is 0 Å². The molecule has 0 saturated heterocycles. The van der Waals surface area contributed by atoms with E-state index in [9.17, 15) is 0 Å². The lowest BCUT2D eigenvalue weighted by Crippen LogP contribution is -1.94. The molecule has 0 bridgehead atoms. The fourth-order valence-corrected chi connectivity index (χ4v) is 5.01. The van der Waals surface area contributed by atoms with Crippen LogP contribution in [0.5, 0.6) is 0 Å². The van der Waals surface area contributed by atoms with Gasteiger partial charge in [0, 0.05) is 0 Å². The Morgan fingerprint density at radius 2 is 0.833 bits per heavy atom. The second-order valence-electron chi connectivity index (χ2n) is 9.11. The first-order chi connectivity index (χ1) is 14.9. The summed E-state index contributed by atoms with van der Waals surface area (Å²) in [4.78, 5) is 0. The van der Waals surface area contributed by atoms with Crippen LogP contribution in [-0.4, -0.2) is 0 Å². The predicted octanol–water partition coefficient (Wildman–Crippen LogP) is 9.97. The van der Waals surface area contributed by atoms with Gasteiger partial charge in [0.1, 0.15) is 0 Å². The topological polar surface area (TPSA) is 0 Å². The zero-order valence-electron chi connectivity index (χ0n) is 19.5. The molecule has 0 N–H and O–H groups in total. The second-order valence-corrected chi connectivity index (χ2v) is 9.11. The Kier molecular flexibility index (Phi) is 9.74. The van der Waals surface area contributed by atoms with Crippen LogP contribution < -0.4 is 0 Å². The molecule has 0 aromatic heterocycles. The van der Waals surface area contributed by atoms with E-state index in [2.05, 4.69) is 62.4 Å². The molecule has 3 rings (SSSR count). The Morgan fingerprint density at radius 3 is 1.27 bits per heavy atom. The van der Waals surface area contributed by atoms with Crippen LogP contribution in [0.15, 0.2) is 54.1 Å². The molecular weight excluding hydrogens is 360 g/mol. The molecule has 0 fully saturated rings. The lowest BCUT2D eigenvalue weighted by Gasteiger charge is -2.14. The molecule has 162 valence electrons. The van der Waals surface area contributed by atoms with Crippen molar-refractivity contribution in [3.8, 4) is 11.1 Å². The molecule has 0 unspecified atom stereocenters. The number of allylic oxidation sites excluding steroid dienone is 1. The van der Waals surface area contributed by atoms with Crippen molar-refractivity contribution in [1.29, 1.82) is 0 Å². The summed E-state index contributed by atoms with van der Waals surface area (Å²) in [6.07, 6.45) is 19.1. The van der Waals surface area contributed by atoms with Gasteiger partial charge in [-0.05, 0) is 53.5 Å². The van der Waals surface area contributed by atoms with Crippen molar-refractivity contribution in [1.82, 2.24) is 0 Å². The average Bonchev–Trinajstić information content (AvgIpc) is 3.11. The highest BCUT2D eigenvalue weighted by Crippen LogP contribution is 2.46. The highest BCUT2D eigenvalue weighted by atomic mass is 14.3. The van der Waals surface area contributed by atoms with E-state index in [1.165, 1.54) is 112 Å². The fraction of sp³-hybridized carbons (Fsp3) is 0.533. The van der Waals surface area contributed by atoms with E-state index in [0.717, 1.165) is 0 Å². The van der Waals surface area contributed by atoms with Gasteiger partial charge in [0.15, 0.2) is 0 Å².